The molecule has 0 atom stereocenters. The zero-order chi connectivity index (χ0) is 22.8. The summed E-state index contributed by atoms with van der Waals surface area (Å²) in [6.07, 6.45) is 0. The number of esters is 1. The first kappa shape index (κ1) is 22.7. The van der Waals surface area contributed by atoms with Crippen LogP contribution in [0, 0.1) is 12.7 Å². The van der Waals surface area contributed by atoms with Crippen molar-refractivity contribution in [1.82, 2.24) is 0 Å². The highest BCUT2D eigenvalue weighted by Crippen LogP contribution is 2.28. The van der Waals surface area contributed by atoms with E-state index in [1.165, 1.54) is 48.7 Å². The van der Waals surface area contributed by atoms with Gasteiger partial charge in [-0.3, -0.25) is 9.44 Å². The quantitative estimate of drug-likeness (QED) is 0.495. The largest absolute Gasteiger partial charge is 0.465 e. The number of benzene rings is 2. The molecular formula is C19H17FN2O6S3. The van der Waals surface area contributed by atoms with Gasteiger partial charge < -0.3 is 4.74 Å². The van der Waals surface area contributed by atoms with Crippen LogP contribution < -0.4 is 9.44 Å². The van der Waals surface area contributed by atoms with Crippen molar-refractivity contribution in [3.05, 3.63) is 70.2 Å². The topological polar surface area (TPSA) is 119 Å². The van der Waals surface area contributed by atoms with Crippen molar-refractivity contribution in [2.45, 2.75) is 16.7 Å². The number of sulfonamides is 2. The smallest absolute Gasteiger partial charge is 0.349 e. The Kier molecular flexibility index (Phi) is 6.34. The average Bonchev–Trinajstić information content (AvgIpc) is 3.21. The second kappa shape index (κ2) is 8.65. The lowest BCUT2D eigenvalue weighted by atomic mass is 10.2. The molecule has 0 bridgehead atoms. The highest BCUT2D eigenvalue weighted by molar-refractivity contribution is 7.93. The Morgan fingerprint density at radius 1 is 0.968 bits per heavy atom. The summed E-state index contributed by atoms with van der Waals surface area (Å²) in [6, 6.07) is 10.4. The van der Waals surface area contributed by atoms with Crippen LogP contribution in [-0.4, -0.2) is 29.9 Å². The highest BCUT2D eigenvalue weighted by Gasteiger charge is 2.26. The fraction of sp³-hybridized carbons (Fsp3) is 0.105. The van der Waals surface area contributed by atoms with E-state index in [2.05, 4.69) is 14.2 Å². The molecule has 0 aliphatic carbocycles. The van der Waals surface area contributed by atoms with E-state index in [0.717, 1.165) is 30.6 Å². The number of thiophene rings is 1. The summed E-state index contributed by atoms with van der Waals surface area (Å²) in [4.78, 5) is 11.2. The monoisotopic (exact) mass is 484 g/mol. The van der Waals surface area contributed by atoms with Crippen molar-refractivity contribution in [2.24, 2.45) is 0 Å². The van der Waals surface area contributed by atoms with E-state index >= 15 is 0 Å². The van der Waals surface area contributed by atoms with Crippen LogP contribution in [0.2, 0.25) is 0 Å². The Labute approximate surface area is 182 Å². The van der Waals surface area contributed by atoms with Crippen LogP contribution in [0.4, 0.5) is 15.8 Å². The van der Waals surface area contributed by atoms with E-state index in [1.807, 2.05) is 0 Å². The normalized spacial score (nSPS) is 11.7. The first-order chi connectivity index (χ1) is 14.5. The van der Waals surface area contributed by atoms with Gasteiger partial charge in [-0.1, -0.05) is 18.2 Å². The minimum absolute atomic E-state index is 0.0541. The van der Waals surface area contributed by atoms with Crippen molar-refractivity contribution >= 4 is 48.7 Å². The Morgan fingerprint density at radius 2 is 1.65 bits per heavy atom. The minimum atomic E-state index is -4.22. The number of hydrogen-bond donors (Lipinski definition) is 2. The van der Waals surface area contributed by atoms with Gasteiger partial charge in [0.25, 0.3) is 20.0 Å². The van der Waals surface area contributed by atoms with Crippen molar-refractivity contribution in [3.8, 4) is 0 Å². The van der Waals surface area contributed by atoms with Gasteiger partial charge in [-0.2, -0.15) is 0 Å². The number of para-hydroxylation sites is 1. The van der Waals surface area contributed by atoms with Gasteiger partial charge in [-0.05, 0) is 48.2 Å². The molecule has 2 aromatic carbocycles. The molecule has 1 aromatic heterocycles. The summed E-state index contributed by atoms with van der Waals surface area (Å²) in [6.45, 7) is 1.52. The maximum Gasteiger partial charge on any atom is 0.349 e. The molecule has 0 aliphatic heterocycles. The molecule has 3 rings (SSSR count). The molecule has 2 N–H and O–H groups in total. The van der Waals surface area contributed by atoms with E-state index in [9.17, 15) is 26.0 Å². The van der Waals surface area contributed by atoms with Crippen molar-refractivity contribution in [2.75, 3.05) is 16.6 Å². The SMILES string of the molecule is COC(=O)c1sccc1S(=O)(=O)Nc1ccc(C)c(S(=O)(=O)Nc2ccccc2F)c1. The Hall–Kier alpha value is -2.96. The van der Waals surface area contributed by atoms with Crippen LogP contribution >= 0.6 is 11.3 Å². The van der Waals surface area contributed by atoms with Crippen molar-refractivity contribution in [1.29, 1.82) is 0 Å². The molecular weight excluding hydrogens is 467 g/mol. The van der Waals surface area contributed by atoms with Gasteiger partial charge in [0.1, 0.15) is 15.6 Å². The third kappa shape index (κ3) is 4.86. The Balaban J connectivity index is 1.95. The molecule has 31 heavy (non-hydrogen) atoms. The summed E-state index contributed by atoms with van der Waals surface area (Å²) >= 11 is 0.897. The van der Waals surface area contributed by atoms with Crippen LogP contribution in [0.3, 0.4) is 0 Å². The number of anilines is 2. The van der Waals surface area contributed by atoms with Crippen LogP contribution in [0.5, 0.6) is 0 Å². The van der Waals surface area contributed by atoms with Crippen LogP contribution in [-0.2, 0) is 24.8 Å². The maximum absolute atomic E-state index is 13.9. The van der Waals surface area contributed by atoms with Gasteiger partial charge in [0.2, 0.25) is 0 Å². The van der Waals surface area contributed by atoms with E-state index in [-0.39, 0.29) is 26.0 Å². The van der Waals surface area contributed by atoms with Crippen LogP contribution in [0.1, 0.15) is 15.2 Å². The number of methoxy groups -OCH3 is 1. The van der Waals surface area contributed by atoms with E-state index < -0.39 is 31.8 Å². The highest BCUT2D eigenvalue weighted by atomic mass is 32.2. The van der Waals surface area contributed by atoms with Gasteiger partial charge in [0, 0.05) is 0 Å². The number of rotatable bonds is 7. The fourth-order valence-electron chi connectivity index (χ4n) is 2.66. The number of halogens is 1. The van der Waals surface area contributed by atoms with Crippen molar-refractivity contribution in [3.63, 3.8) is 0 Å². The summed E-state index contributed by atoms with van der Waals surface area (Å²) < 4.78 is 74.0. The number of ether oxygens (including phenoxy) is 1. The lowest BCUT2D eigenvalue weighted by Gasteiger charge is -2.14. The Morgan fingerprint density at radius 3 is 2.32 bits per heavy atom. The number of aryl methyl sites for hydroxylation is 1. The van der Waals surface area contributed by atoms with Gasteiger partial charge in [0.15, 0.2) is 0 Å². The van der Waals surface area contributed by atoms with Gasteiger partial charge in [-0.25, -0.2) is 26.0 Å². The lowest BCUT2D eigenvalue weighted by molar-refractivity contribution is 0.0602. The number of carbonyl (C=O) groups is 1. The molecule has 1 heterocycles. The molecule has 0 unspecified atom stereocenters. The molecule has 164 valence electrons. The number of carbonyl (C=O) groups excluding carboxylic acids is 1. The molecule has 0 saturated heterocycles. The zero-order valence-corrected chi connectivity index (χ0v) is 18.7. The zero-order valence-electron chi connectivity index (χ0n) is 16.2. The van der Waals surface area contributed by atoms with E-state index in [1.54, 1.807) is 0 Å². The molecule has 0 saturated carbocycles. The fourth-order valence-corrected chi connectivity index (χ4v) is 6.38. The standard InChI is InChI=1S/C19H17FN2O6S3/c1-12-7-8-13(21-30(24,25)16-9-10-29-18(16)19(23)28-2)11-17(12)31(26,27)22-15-6-4-3-5-14(15)20/h3-11,21-22H,1-2H3. The van der Waals surface area contributed by atoms with E-state index in [0.29, 0.717) is 5.56 Å². The summed E-state index contributed by atoms with van der Waals surface area (Å²) in [7, 11) is -7.30. The molecule has 3 aromatic rings. The molecule has 12 heteroatoms. The second-order valence-corrected chi connectivity index (χ2v) is 10.5. The Bertz CT molecular complexity index is 1350. The molecule has 0 aliphatic rings. The van der Waals surface area contributed by atoms with Gasteiger partial charge >= 0.3 is 5.97 Å². The number of nitrogens with one attached hydrogen (secondary N) is 2. The van der Waals surface area contributed by atoms with Crippen molar-refractivity contribution < 1.29 is 30.8 Å². The second-order valence-electron chi connectivity index (χ2n) is 6.28. The van der Waals surface area contributed by atoms with Gasteiger partial charge in [0.05, 0.1) is 23.4 Å². The molecule has 0 fully saturated rings. The maximum atomic E-state index is 13.9. The molecule has 0 amide bonds. The molecule has 0 spiro atoms. The predicted molar refractivity (Wildman–Crippen MR) is 115 cm³/mol. The third-order valence-electron chi connectivity index (χ3n) is 4.14. The summed E-state index contributed by atoms with van der Waals surface area (Å²) in [5, 5.41) is 1.42. The van der Waals surface area contributed by atoms with Crippen LogP contribution in [0.25, 0.3) is 0 Å². The summed E-state index contributed by atoms with van der Waals surface area (Å²) in [5.41, 5.74) is 0.0213. The first-order valence-electron chi connectivity index (χ1n) is 8.62. The van der Waals surface area contributed by atoms with Gasteiger partial charge in [-0.15, -0.1) is 11.3 Å². The summed E-state index contributed by atoms with van der Waals surface area (Å²) in [5.74, 6) is -1.56. The predicted octanol–water partition coefficient (Wildman–Crippen LogP) is 3.58. The average molecular weight is 485 g/mol. The third-order valence-corrected chi connectivity index (χ3v) is 8.09. The number of hydrogen-bond acceptors (Lipinski definition) is 7. The van der Waals surface area contributed by atoms with E-state index in [4.69, 9.17) is 0 Å². The molecule has 0 radical (unpaired) electrons. The van der Waals surface area contributed by atoms with Crippen LogP contribution in [0.15, 0.2) is 63.7 Å². The first-order valence-corrected chi connectivity index (χ1v) is 12.5. The minimum Gasteiger partial charge on any atom is -0.465 e. The molecule has 8 nitrogen and oxygen atoms in total. The lowest BCUT2D eigenvalue weighted by Crippen LogP contribution is -2.18.